The van der Waals surface area contributed by atoms with E-state index >= 15 is 8.78 Å². The van der Waals surface area contributed by atoms with Crippen molar-refractivity contribution >= 4 is 51.3 Å². The van der Waals surface area contributed by atoms with Crippen molar-refractivity contribution in [1.82, 2.24) is 35.5 Å². The molecule has 16 heteroatoms. The van der Waals surface area contributed by atoms with E-state index in [9.17, 15) is 19.5 Å². The number of phenolic OH excluding ortho intramolecular Hbond substituents is 1. The number of likely N-dealkylation sites (tertiary alicyclic amines) is 2. The Balaban J connectivity index is 0.757. The highest BCUT2D eigenvalue weighted by Crippen LogP contribution is 2.48. The van der Waals surface area contributed by atoms with Crippen LogP contribution in [0.2, 0.25) is 0 Å². The zero-order valence-electron chi connectivity index (χ0n) is 42.2. The molecule has 5 aliphatic rings. The van der Waals surface area contributed by atoms with Crippen molar-refractivity contribution in [2.24, 2.45) is 23.2 Å². The van der Waals surface area contributed by atoms with Gasteiger partial charge in [0.2, 0.25) is 11.8 Å². The summed E-state index contributed by atoms with van der Waals surface area (Å²) in [6.45, 7) is 10.2. The Labute approximate surface area is 420 Å². The molecule has 0 bridgehead atoms. The zero-order chi connectivity index (χ0) is 50.3. The standard InChI is InChI=1S/C56H69F2N9O5/c1-5-40-45(57)13-11-38-27-39(69)29-43(48(38)40)51-49(58)52-44(30-60-51)53(67-20-6-8-34(2)31-67)62-55(61-52)72-33-56(18-19-56)32-65-21-14-35(15-22-65)26-47(70)66-23-16-36(17-24-66)37-10-12-41-46(28-37)64(4)63-50(41)42(9-7-25-68)54(71)59-3/h10-13,25,27-30,34-36,42,50,63,69H,5-9,14-24,26,31-33H2,1-4H3,(H,59,71)/t34-,42?,50?/m0/s1. The maximum absolute atomic E-state index is 17.1. The number of phenols is 1. The predicted octanol–water partition coefficient (Wildman–Crippen LogP) is 8.63. The minimum Gasteiger partial charge on any atom is -0.508 e. The number of amides is 2. The van der Waals surface area contributed by atoms with Crippen LogP contribution < -0.4 is 25.4 Å². The van der Waals surface area contributed by atoms with Gasteiger partial charge in [-0.15, -0.1) is 0 Å². The Morgan fingerprint density at radius 2 is 1.81 bits per heavy atom. The smallest absolute Gasteiger partial charge is 0.319 e. The maximum atomic E-state index is 17.1. The van der Waals surface area contributed by atoms with E-state index in [1.165, 1.54) is 17.7 Å². The molecule has 2 aromatic heterocycles. The van der Waals surface area contributed by atoms with E-state index < -0.39 is 11.6 Å². The van der Waals surface area contributed by atoms with E-state index in [0.29, 0.717) is 83.1 Å². The van der Waals surface area contributed by atoms with Crippen LogP contribution in [0.25, 0.3) is 32.9 Å². The van der Waals surface area contributed by atoms with Gasteiger partial charge in [0.15, 0.2) is 5.82 Å². The fourth-order valence-corrected chi connectivity index (χ4v) is 12.2. The second kappa shape index (κ2) is 20.9. The van der Waals surface area contributed by atoms with Gasteiger partial charge in [0.25, 0.3) is 0 Å². The highest BCUT2D eigenvalue weighted by atomic mass is 19.1. The molecule has 0 spiro atoms. The van der Waals surface area contributed by atoms with Crippen LogP contribution in [0, 0.1) is 34.8 Å². The molecular formula is C56H69F2N9O5. The van der Waals surface area contributed by atoms with Crippen LogP contribution in [0.5, 0.6) is 11.8 Å². The number of aryl methyl sites for hydroxylation is 1. The number of nitrogens with one attached hydrogen (secondary N) is 2. The van der Waals surface area contributed by atoms with E-state index in [0.717, 1.165) is 115 Å². The van der Waals surface area contributed by atoms with Crippen LogP contribution in [0.4, 0.5) is 20.3 Å². The zero-order valence-corrected chi connectivity index (χ0v) is 42.2. The number of rotatable bonds is 16. The Hall–Kier alpha value is -6.00. The Kier molecular flexibility index (Phi) is 14.4. The summed E-state index contributed by atoms with van der Waals surface area (Å²) in [5.74, 6) is 0.386. The number of hydrogen-bond acceptors (Lipinski definition) is 12. The molecule has 4 aliphatic heterocycles. The molecule has 3 N–H and O–H groups in total. The first-order chi connectivity index (χ1) is 34.8. The first-order valence-electron chi connectivity index (χ1n) is 26.3. The van der Waals surface area contributed by atoms with Gasteiger partial charge in [0.1, 0.15) is 34.9 Å². The number of pyridine rings is 1. The number of hydrazine groups is 1. The number of aromatic hydroxyl groups is 1. The van der Waals surface area contributed by atoms with Gasteiger partial charge in [-0.05, 0) is 147 Å². The lowest BCUT2D eigenvalue weighted by Gasteiger charge is -2.36. The van der Waals surface area contributed by atoms with Gasteiger partial charge in [-0.2, -0.15) is 9.97 Å². The van der Waals surface area contributed by atoms with E-state index in [4.69, 9.17) is 14.7 Å². The molecule has 6 heterocycles. The van der Waals surface area contributed by atoms with Gasteiger partial charge < -0.3 is 39.7 Å². The molecular weight excluding hydrogens is 917 g/mol. The molecule has 2 unspecified atom stereocenters. The van der Waals surface area contributed by atoms with Crippen molar-refractivity contribution in [1.29, 1.82) is 0 Å². The largest absolute Gasteiger partial charge is 0.508 e. The molecule has 72 heavy (non-hydrogen) atoms. The summed E-state index contributed by atoms with van der Waals surface area (Å²) >= 11 is 0. The molecule has 10 rings (SSSR count). The molecule has 382 valence electrons. The van der Waals surface area contributed by atoms with Crippen molar-refractivity contribution in [3.05, 3.63) is 77.0 Å². The number of halogens is 2. The monoisotopic (exact) mass is 986 g/mol. The summed E-state index contributed by atoms with van der Waals surface area (Å²) in [6, 6.07) is 12.4. The van der Waals surface area contributed by atoms with Gasteiger partial charge >= 0.3 is 6.01 Å². The van der Waals surface area contributed by atoms with E-state index in [-0.39, 0.29) is 52.2 Å². The minimum atomic E-state index is -0.671. The number of hydrogen-bond donors (Lipinski definition) is 3. The van der Waals surface area contributed by atoms with Gasteiger partial charge in [0, 0.05) is 76.8 Å². The first kappa shape index (κ1) is 49.6. The van der Waals surface area contributed by atoms with Crippen molar-refractivity contribution in [3.63, 3.8) is 0 Å². The average molecular weight is 986 g/mol. The second-order valence-corrected chi connectivity index (χ2v) is 21.5. The highest BCUT2D eigenvalue weighted by Gasteiger charge is 2.46. The number of carbonyl (C=O) groups excluding carboxylic acids is 3. The molecule has 1 saturated carbocycles. The lowest BCUT2D eigenvalue weighted by Crippen LogP contribution is -2.42. The van der Waals surface area contributed by atoms with Crippen LogP contribution in [0.3, 0.4) is 0 Å². The van der Waals surface area contributed by atoms with Crippen molar-refractivity contribution < 1.29 is 33.0 Å². The fourth-order valence-electron chi connectivity index (χ4n) is 12.2. The number of fused-ring (bicyclic) bond motifs is 3. The predicted molar refractivity (Wildman–Crippen MR) is 275 cm³/mol. The molecule has 3 aromatic carbocycles. The van der Waals surface area contributed by atoms with E-state index in [2.05, 4.69) is 55.5 Å². The van der Waals surface area contributed by atoms with Crippen molar-refractivity contribution in [3.8, 4) is 23.0 Å². The van der Waals surface area contributed by atoms with Crippen molar-refractivity contribution in [2.45, 2.75) is 103 Å². The minimum absolute atomic E-state index is 0.0175. The van der Waals surface area contributed by atoms with Gasteiger partial charge in [-0.1, -0.05) is 32.0 Å². The number of aromatic nitrogens is 3. The summed E-state index contributed by atoms with van der Waals surface area (Å²) in [6.07, 6.45) is 12.1. The third-order valence-corrected chi connectivity index (χ3v) is 16.5. The molecule has 2 amide bonds. The third-order valence-electron chi connectivity index (χ3n) is 16.5. The molecule has 3 atom stereocenters. The first-order valence-corrected chi connectivity index (χ1v) is 26.3. The number of ether oxygens (including phenoxy) is 1. The van der Waals surface area contributed by atoms with Gasteiger partial charge in [0.05, 0.1) is 29.6 Å². The third kappa shape index (κ3) is 10.0. The Bertz CT molecular complexity index is 2850. The number of carbonyl (C=O) groups is 3. The number of aldehydes is 1. The van der Waals surface area contributed by atoms with E-state index in [1.807, 2.05) is 19.0 Å². The average Bonchev–Trinajstić information content (AvgIpc) is 4.08. The Morgan fingerprint density at radius 1 is 1.01 bits per heavy atom. The SMILES string of the molecule is CCc1c(F)ccc2cc(O)cc(-c3ncc4c(N5CCC[C@H](C)C5)nc(OCC5(CN6CCC(CC(=O)N7CCC(c8ccc9c(c8)N(C)NC9C(CCC=O)C(=O)NC)CC7)CC6)CC5)nc4c3F)c12. The number of nitrogens with zero attached hydrogens (tertiary/aromatic N) is 7. The van der Waals surface area contributed by atoms with Crippen LogP contribution in [0.15, 0.2) is 48.7 Å². The van der Waals surface area contributed by atoms with Crippen molar-refractivity contribution in [2.75, 3.05) is 76.4 Å². The molecule has 4 fully saturated rings. The fraction of sp³-hybridized carbons (Fsp3) is 0.536. The summed E-state index contributed by atoms with van der Waals surface area (Å²) in [4.78, 5) is 58.7. The lowest BCUT2D eigenvalue weighted by molar-refractivity contribution is -0.133. The molecule has 5 aromatic rings. The van der Waals surface area contributed by atoms with E-state index in [1.54, 1.807) is 25.4 Å². The topological polar surface area (TPSA) is 156 Å². The summed E-state index contributed by atoms with van der Waals surface area (Å²) in [7, 11) is 3.60. The van der Waals surface area contributed by atoms with Crippen LogP contribution in [0.1, 0.15) is 113 Å². The lowest BCUT2D eigenvalue weighted by atomic mass is 9.85. The summed E-state index contributed by atoms with van der Waals surface area (Å²) < 4.78 is 38.8. The molecule has 14 nitrogen and oxygen atoms in total. The summed E-state index contributed by atoms with van der Waals surface area (Å²) in [5.41, 5.74) is 7.55. The normalized spacial score (nSPS) is 21.0. The second-order valence-electron chi connectivity index (χ2n) is 21.5. The van der Waals surface area contributed by atoms with Gasteiger partial charge in [-0.3, -0.25) is 14.6 Å². The van der Waals surface area contributed by atoms with Crippen LogP contribution in [-0.2, 0) is 20.8 Å². The summed E-state index contributed by atoms with van der Waals surface area (Å²) in [5, 5.41) is 17.1. The molecule has 3 saturated heterocycles. The maximum Gasteiger partial charge on any atom is 0.319 e. The van der Waals surface area contributed by atoms with Gasteiger partial charge in [-0.25, -0.2) is 14.2 Å². The molecule has 1 aliphatic carbocycles. The number of benzene rings is 3. The van der Waals surface area contributed by atoms with Crippen LogP contribution in [-0.4, -0.2) is 114 Å². The van der Waals surface area contributed by atoms with Crippen LogP contribution >= 0.6 is 0 Å². The Morgan fingerprint density at radius 3 is 2.53 bits per heavy atom. The quantitative estimate of drug-likeness (QED) is 0.0811. The molecule has 0 radical (unpaired) electrons. The number of anilines is 2. The number of piperidine rings is 3. The highest BCUT2D eigenvalue weighted by molar-refractivity contribution is 6.02.